The van der Waals surface area contributed by atoms with E-state index in [0.717, 1.165) is 6.42 Å². The summed E-state index contributed by atoms with van der Waals surface area (Å²) in [6.45, 7) is 6.81. The highest BCUT2D eigenvalue weighted by Gasteiger charge is 2.16. The Morgan fingerprint density at radius 3 is 2.44 bits per heavy atom. The molecule has 1 aromatic rings. The van der Waals surface area contributed by atoms with Gasteiger partial charge in [-0.2, -0.15) is 0 Å². The van der Waals surface area contributed by atoms with Crippen LogP contribution >= 0.6 is 0 Å². The fraction of sp³-hybridized carbons (Fsp3) is 0.533. The van der Waals surface area contributed by atoms with Gasteiger partial charge in [-0.15, -0.1) is 0 Å². The molecule has 1 heterocycles. The number of rotatable bonds is 4. The maximum absolute atomic E-state index is 4.30. The normalized spacial score (nSPS) is 19.6. The van der Waals surface area contributed by atoms with Crippen molar-refractivity contribution in [3.05, 3.63) is 42.8 Å². The molecule has 2 rings (SSSR count). The lowest BCUT2D eigenvalue weighted by Crippen LogP contribution is -2.37. The van der Waals surface area contributed by atoms with Crippen LogP contribution in [0.3, 0.4) is 0 Å². The average molecular weight is 216 g/mol. The quantitative estimate of drug-likeness (QED) is 0.746. The summed E-state index contributed by atoms with van der Waals surface area (Å²) in [6, 6.07) is 11.2. The molecule has 1 fully saturated rings. The van der Waals surface area contributed by atoms with Crippen LogP contribution in [0.1, 0.15) is 31.2 Å². The van der Waals surface area contributed by atoms with E-state index in [1.165, 1.54) is 44.3 Å². The van der Waals surface area contributed by atoms with Gasteiger partial charge in [0.2, 0.25) is 0 Å². The predicted molar refractivity (Wildman–Crippen MR) is 69.3 cm³/mol. The molecule has 1 radical (unpaired) electrons. The summed E-state index contributed by atoms with van der Waals surface area (Å²) in [6.07, 6.45) is 6.46. The second kappa shape index (κ2) is 6.05. The van der Waals surface area contributed by atoms with Gasteiger partial charge in [0.05, 0.1) is 0 Å². The third-order valence-corrected chi connectivity index (χ3v) is 3.52. The zero-order valence-electron chi connectivity index (χ0n) is 10.1. The van der Waals surface area contributed by atoms with Crippen LogP contribution < -0.4 is 0 Å². The van der Waals surface area contributed by atoms with Crippen LogP contribution in [-0.2, 0) is 6.42 Å². The number of likely N-dealkylation sites (tertiary alicyclic amines) is 1. The van der Waals surface area contributed by atoms with Crippen molar-refractivity contribution in [1.29, 1.82) is 0 Å². The molecule has 1 aliphatic heterocycles. The Hall–Kier alpha value is -0.820. The summed E-state index contributed by atoms with van der Waals surface area (Å²) in [5, 5.41) is 0. The second-order valence-electron chi connectivity index (χ2n) is 4.77. The third-order valence-electron chi connectivity index (χ3n) is 3.52. The molecule has 1 atom stereocenters. The number of aryl methyl sites for hydroxylation is 1. The van der Waals surface area contributed by atoms with Gasteiger partial charge in [-0.3, -0.25) is 0 Å². The fourth-order valence-corrected chi connectivity index (χ4v) is 2.44. The first-order valence-corrected chi connectivity index (χ1v) is 6.47. The molecule has 0 spiro atoms. The minimum atomic E-state index is 0.500. The van der Waals surface area contributed by atoms with E-state index in [4.69, 9.17) is 0 Å². The molecule has 0 aliphatic carbocycles. The van der Waals surface area contributed by atoms with Gasteiger partial charge in [0.1, 0.15) is 0 Å². The molecule has 0 amide bonds. The fourth-order valence-electron chi connectivity index (χ4n) is 2.44. The van der Waals surface area contributed by atoms with Crippen LogP contribution in [0.25, 0.3) is 0 Å². The van der Waals surface area contributed by atoms with E-state index >= 15 is 0 Å². The Morgan fingerprint density at radius 1 is 1.06 bits per heavy atom. The van der Waals surface area contributed by atoms with Crippen LogP contribution in [0.15, 0.2) is 30.3 Å². The van der Waals surface area contributed by atoms with Crippen molar-refractivity contribution < 1.29 is 0 Å². The van der Waals surface area contributed by atoms with Crippen LogP contribution in [0, 0.1) is 6.92 Å². The SMILES string of the molecule is [CH2]C(CCc1ccccc1)N1CCCCC1. The first-order valence-electron chi connectivity index (χ1n) is 6.47. The van der Waals surface area contributed by atoms with Crippen LogP contribution in [-0.4, -0.2) is 24.0 Å². The Kier molecular flexibility index (Phi) is 4.41. The number of benzene rings is 1. The molecule has 1 unspecified atom stereocenters. The molecule has 87 valence electrons. The molecule has 0 aromatic heterocycles. The molecule has 0 bridgehead atoms. The number of nitrogens with zero attached hydrogens (tertiary/aromatic N) is 1. The van der Waals surface area contributed by atoms with E-state index < -0.39 is 0 Å². The van der Waals surface area contributed by atoms with Gasteiger partial charge >= 0.3 is 0 Å². The highest BCUT2D eigenvalue weighted by Crippen LogP contribution is 2.15. The summed E-state index contributed by atoms with van der Waals surface area (Å²) in [5.74, 6) is 0. The Balaban J connectivity index is 1.76. The lowest BCUT2D eigenvalue weighted by atomic mass is 10.0. The van der Waals surface area contributed by atoms with Crippen molar-refractivity contribution in [3.8, 4) is 0 Å². The van der Waals surface area contributed by atoms with Gasteiger partial charge < -0.3 is 4.90 Å². The largest absolute Gasteiger partial charge is 0.300 e. The summed E-state index contributed by atoms with van der Waals surface area (Å²) in [5.41, 5.74) is 1.44. The van der Waals surface area contributed by atoms with Crippen LogP contribution in [0.5, 0.6) is 0 Å². The van der Waals surface area contributed by atoms with Crippen molar-refractivity contribution in [2.24, 2.45) is 0 Å². The molecule has 1 aromatic carbocycles. The van der Waals surface area contributed by atoms with Gasteiger partial charge in [0.15, 0.2) is 0 Å². The average Bonchev–Trinajstić information content (AvgIpc) is 2.38. The first-order chi connectivity index (χ1) is 7.86. The molecular weight excluding hydrogens is 194 g/mol. The first kappa shape index (κ1) is 11.7. The minimum absolute atomic E-state index is 0.500. The van der Waals surface area contributed by atoms with Crippen LogP contribution in [0.2, 0.25) is 0 Å². The third kappa shape index (κ3) is 3.34. The van der Waals surface area contributed by atoms with E-state index in [0.29, 0.717) is 6.04 Å². The van der Waals surface area contributed by atoms with Gasteiger partial charge in [0, 0.05) is 6.04 Å². The molecule has 16 heavy (non-hydrogen) atoms. The molecule has 1 aliphatic rings. The molecule has 0 saturated carbocycles. The Labute approximate surface area is 99.5 Å². The highest BCUT2D eigenvalue weighted by molar-refractivity contribution is 5.14. The number of hydrogen-bond acceptors (Lipinski definition) is 1. The van der Waals surface area contributed by atoms with E-state index in [2.05, 4.69) is 42.2 Å². The predicted octanol–water partition coefficient (Wildman–Crippen LogP) is 3.31. The monoisotopic (exact) mass is 216 g/mol. The highest BCUT2D eigenvalue weighted by atomic mass is 15.1. The van der Waals surface area contributed by atoms with Crippen molar-refractivity contribution in [2.75, 3.05) is 13.1 Å². The Morgan fingerprint density at radius 2 is 1.75 bits per heavy atom. The van der Waals surface area contributed by atoms with Gasteiger partial charge in [0.25, 0.3) is 0 Å². The van der Waals surface area contributed by atoms with Crippen molar-refractivity contribution in [3.63, 3.8) is 0 Å². The molecule has 0 N–H and O–H groups in total. The maximum atomic E-state index is 4.30. The summed E-state index contributed by atoms with van der Waals surface area (Å²) < 4.78 is 0. The zero-order valence-corrected chi connectivity index (χ0v) is 10.1. The second-order valence-corrected chi connectivity index (χ2v) is 4.77. The van der Waals surface area contributed by atoms with Gasteiger partial charge in [-0.05, 0) is 51.3 Å². The lowest BCUT2D eigenvalue weighted by molar-refractivity contribution is 0.182. The van der Waals surface area contributed by atoms with Gasteiger partial charge in [-0.1, -0.05) is 36.8 Å². The molecule has 1 saturated heterocycles. The molecule has 1 heteroatoms. The maximum Gasteiger partial charge on any atom is 0.00990 e. The summed E-state index contributed by atoms with van der Waals surface area (Å²) in [7, 11) is 0. The van der Waals surface area contributed by atoms with Gasteiger partial charge in [-0.25, -0.2) is 0 Å². The van der Waals surface area contributed by atoms with Crippen LogP contribution in [0.4, 0.5) is 0 Å². The standard InChI is InChI=1S/C15H22N/c1-14(16-12-6-3-7-13-16)10-11-15-8-4-2-5-9-15/h2,4-5,8-9,14H,1,3,6-7,10-13H2. The van der Waals surface area contributed by atoms with Crippen molar-refractivity contribution in [2.45, 2.75) is 38.1 Å². The summed E-state index contributed by atoms with van der Waals surface area (Å²) >= 11 is 0. The molecule has 1 nitrogen and oxygen atoms in total. The summed E-state index contributed by atoms with van der Waals surface area (Å²) in [4.78, 5) is 2.55. The van der Waals surface area contributed by atoms with Crippen molar-refractivity contribution in [1.82, 2.24) is 4.90 Å². The lowest BCUT2D eigenvalue weighted by Gasteiger charge is -2.32. The number of piperidine rings is 1. The van der Waals surface area contributed by atoms with E-state index in [1.54, 1.807) is 0 Å². The van der Waals surface area contributed by atoms with E-state index in [-0.39, 0.29) is 0 Å². The smallest absolute Gasteiger partial charge is 0.00990 e. The van der Waals surface area contributed by atoms with Crippen molar-refractivity contribution >= 4 is 0 Å². The zero-order chi connectivity index (χ0) is 11.2. The molecular formula is C15H22N. The van der Waals surface area contributed by atoms with E-state index in [1.807, 2.05) is 0 Å². The van der Waals surface area contributed by atoms with E-state index in [9.17, 15) is 0 Å². The Bertz CT molecular complexity index is 288. The topological polar surface area (TPSA) is 3.24 Å². The minimum Gasteiger partial charge on any atom is -0.300 e. The number of hydrogen-bond donors (Lipinski definition) is 0.